The molecule has 1 saturated heterocycles. The molecule has 2 aliphatic rings. The van der Waals surface area contributed by atoms with Crippen LogP contribution in [0, 0.1) is 10.7 Å². The number of rotatable bonds is 6. The van der Waals surface area contributed by atoms with Gasteiger partial charge in [-0.15, -0.1) is 0 Å². The first-order valence-electron chi connectivity index (χ1n) is 8.80. The standard InChI is InChI=1S/C18H24N4OS/c23-12-17-19-21(18(24)22(17)16-6-7-16)13-20-9-8-15(11-20)10-14-4-2-1-3-5-14/h1-5,15-16,23H,6-13H2. The number of aliphatic hydroxyl groups excluding tert-OH is 1. The zero-order chi connectivity index (χ0) is 16.5. The number of aliphatic hydroxyl groups is 1. The Bertz CT molecular complexity index is 750. The molecule has 0 amide bonds. The molecule has 1 aromatic heterocycles. The van der Waals surface area contributed by atoms with Gasteiger partial charge >= 0.3 is 0 Å². The van der Waals surface area contributed by atoms with Crippen LogP contribution in [0.5, 0.6) is 0 Å². The third-order valence-electron chi connectivity index (χ3n) is 5.07. The van der Waals surface area contributed by atoms with Gasteiger partial charge in [0, 0.05) is 19.1 Å². The third-order valence-corrected chi connectivity index (χ3v) is 5.47. The summed E-state index contributed by atoms with van der Waals surface area (Å²) < 4.78 is 4.70. The fraction of sp³-hybridized carbons (Fsp3) is 0.556. The van der Waals surface area contributed by atoms with Gasteiger partial charge in [0.2, 0.25) is 0 Å². The Morgan fingerprint density at radius 2 is 1.96 bits per heavy atom. The predicted octanol–water partition coefficient (Wildman–Crippen LogP) is 2.76. The van der Waals surface area contributed by atoms with Crippen LogP contribution in [0.1, 0.15) is 36.7 Å². The molecule has 1 atom stereocenters. The van der Waals surface area contributed by atoms with Gasteiger partial charge in [-0.25, -0.2) is 4.68 Å². The zero-order valence-electron chi connectivity index (χ0n) is 13.8. The normalized spacial score (nSPS) is 21.5. The maximum absolute atomic E-state index is 9.54. The van der Waals surface area contributed by atoms with Gasteiger partial charge in [0.15, 0.2) is 10.6 Å². The van der Waals surface area contributed by atoms with Crippen molar-refractivity contribution in [1.29, 1.82) is 0 Å². The minimum Gasteiger partial charge on any atom is -0.388 e. The first kappa shape index (κ1) is 16.0. The topological polar surface area (TPSA) is 46.2 Å². The van der Waals surface area contributed by atoms with E-state index in [0.29, 0.717) is 17.8 Å². The Hall–Kier alpha value is -1.50. The molecule has 1 N–H and O–H groups in total. The molecule has 2 heterocycles. The molecular formula is C18H24N4OS. The fourth-order valence-corrected chi connectivity index (χ4v) is 4.06. The number of hydrogen-bond acceptors (Lipinski definition) is 4. The second-order valence-corrected chi connectivity index (χ2v) is 7.39. The predicted molar refractivity (Wildman–Crippen MR) is 95.1 cm³/mol. The highest BCUT2D eigenvalue weighted by molar-refractivity contribution is 7.71. The molecule has 5 nitrogen and oxygen atoms in total. The van der Waals surface area contributed by atoms with Crippen molar-refractivity contribution in [2.45, 2.75) is 45.0 Å². The summed E-state index contributed by atoms with van der Waals surface area (Å²) in [5.41, 5.74) is 1.42. The lowest BCUT2D eigenvalue weighted by Crippen LogP contribution is -2.25. The maximum atomic E-state index is 9.54. The van der Waals surface area contributed by atoms with Gasteiger partial charge in [-0.1, -0.05) is 30.3 Å². The molecule has 1 saturated carbocycles. The lowest BCUT2D eigenvalue weighted by molar-refractivity contribution is 0.238. The number of nitrogens with zero attached hydrogens (tertiary/aromatic N) is 4. The summed E-state index contributed by atoms with van der Waals surface area (Å²) in [4.78, 5) is 2.43. The molecule has 1 aliphatic carbocycles. The average molecular weight is 344 g/mol. The molecule has 0 bridgehead atoms. The van der Waals surface area contributed by atoms with Gasteiger partial charge in [0.05, 0.1) is 6.67 Å². The first-order chi connectivity index (χ1) is 11.7. The second kappa shape index (κ2) is 6.78. The van der Waals surface area contributed by atoms with Crippen LogP contribution in [0.4, 0.5) is 0 Å². The number of hydrogen-bond donors (Lipinski definition) is 1. The smallest absolute Gasteiger partial charge is 0.199 e. The Morgan fingerprint density at radius 1 is 1.17 bits per heavy atom. The van der Waals surface area contributed by atoms with Crippen LogP contribution < -0.4 is 0 Å². The summed E-state index contributed by atoms with van der Waals surface area (Å²) in [6, 6.07) is 11.2. The maximum Gasteiger partial charge on any atom is 0.199 e. The molecule has 0 spiro atoms. The van der Waals surface area contributed by atoms with Crippen molar-refractivity contribution >= 4 is 12.2 Å². The van der Waals surface area contributed by atoms with Crippen LogP contribution in [-0.2, 0) is 19.7 Å². The van der Waals surface area contributed by atoms with Crippen molar-refractivity contribution < 1.29 is 5.11 Å². The average Bonchev–Trinajstić information content (AvgIpc) is 3.26. The van der Waals surface area contributed by atoms with Crippen molar-refractivity contribution in [3.63, 3.8) is 0 Å². The Labute approximate surface area is 147 Å². The largest absolute Gasteiger partial charge is 0.388 e. The van der Waals surface area contributed by atoms with Gasteiger partial charge in [0.25, 0.3) is 0 Å². The van der Waals surface area contributed by atoms with Crippen LogP contribution in [0.2, 0.25) is 0 Å². The first-order valence-corrected chi connectivity index (χ1v) is 9.21. The quantitative estimate of drug-likeness (QED) is 0.819. The van der Waals surface area contributed by atoms with E-state index in [9.17, 15) is 5.11 Å². The second-order valence-electron chi connectivity index (χ2n) is 7.02. The van der Waals surface area contributed by atoms with E-state index >= 15 is 0 Å². The van der Waals surface area contributed by atoms with E-state index < -0.39 is 0 Å². The van der Waals surface area contributed by atoms with E-state index in [0.717, 1.165) is 43.8 Å². The minimum absolute atomic E-state index is 0.0379. The van der Waals surface area contributed by atoms with Gasteiger partial charge in [-0.3, -0.25) is 9.47 Å². The van der Waals surface area contributed by atoms with Gasteiger partial charge < -0.3 is 5.11 Å². The molecule has 1 unspecified atom stereocenters. The Morgan fingerprint density at radius 3 is 2.67 bits per heavy atom. The molecule has 2 aromatic rings. The SMILES string of the molecule is OCc1nn(CN2CCC(Cc3ccccc3)C2)c(=S)n1C1CC1. The van der Waals surface area contributed by atoms with Gasteiger partial charge in [-0.2, -0.15) is 5.10 Å². The van der Waals surface area contributed by atoms with Gasteiger partial charge in [0.1, 0.15) is 6.61 Å². The van der Waals surface area contributed by atoms with Crippen molar-refractivity contribution in [2.75, 3.05) is 13.1 Å². The van der Waals surface area contributed by atoms with E-state index in [2.05, 4.69) is 40.3 Å². The fourth-order valence-electron chi connectivity index (χ4n) is 3.71. The van der Waals surface area contributed by atoms with Crippen LogP contribution >= 0.6 is 12.2 Å². The molecule has 128 valence electrons. The van der Waals surface area contributed by atoms with Crippen molar-refractivity contribution in [2.24, 2.45) is 5.92 Å². The van der Waals surface area contributed by atoms with Crippen LogP contribution in [0.15, 0.2) is 30.3 Å². The lowest BCUT2D eigenvalue weighted by atomic mass is 9.99. The molecular weight excluding hydrogens is 320 g/mol. The zero-order valence-corrected chi connectivity index (χ0v) is 14.7. The Kier molecular flexibility index (Phi) is 4.52. The molecule has 4 rings (SSSR count). The molecule has 1 aromatic carbocycles. The summed E-state index contributed by atoms with van der Waals surface area (Å²) in [5, 5.41) is 14.1. The monoisotopic (exact) mass is 344 g/mol. The van der Waals surface area contributed by atoms with Crippen molar-refractivity contribution in [3.8, 4) is 0 Å². The summed E-state index contributed by atoms with van der Waals surface area (Å²) in [6.45, 7) is 2.87. The summed E-state index contributed by atoms with van der Waals surface area (Å²) in [6.07, 6.45) is 4.66. The van der Waals surface area contributed by atoms with Crippen LogP contribution in [0.3, 0.4) is 0 Å². The van der Waals surface area contributed by atoms with E-state index in [1.54, 1.807) is 0 Å². The molecule has 6 heteroatoms. The highest BCUT2D eigenvalue weighted by atomic mass is 32.1. The van der Waals surface area contributed by atoms with Crippen LogP contribution in [-0.4, -0.2) is 37.4 Å². The molecule has 0 radical (unpaired) electrons. The third kappa shape index (κ3) is 3.31. The highest BCUT2D eigenvalue weighted by Crippen LogP contribution is 2.36. The lowest BCUT2D eigenvalue weighted by Gasteiger charge is -2.16. The molecule has 2 fully saturated rings. The van der Waals surface area contributed by atoms with Gasteiger partial charge in [-0.05, 0) is 49.4 Å². The van der Waals surface area contributed by atoms with Crippen molar-refractivity contribution in [1.82, 2.24) is 19.2 Å². The minimum atomic E-state index is -0.0379. The van der Waals surface area contributed by atoms with E-state index in [-0.39, 0.29) is 6.61 Å². The van der Waals surface area contributed by atoms with E-state index in [4.69, 9.17) is 12.2 Å². The summed E-state index contributed by atoms with van der Waals surface area (Å²) in [7, 11) is 0. The number of aromatic nitrogens is 3. The number of likely N-dealkylation sites (tertiary alicyclic amines) is 1. The highest BCUT2D eigenvalue weighted by Gasteiger charge is 2.29. The van der Waals surface area contributed by atoms with E-state index in [1.807, 2.05) is 9.25 Å². The number of benzene rings is 1. The summed E-state index contributed by atoms with van der Waals surface area (Å²) in [5.74, 6) is 1.41. The van der Waals surface area contributed by atoms with Crippen LogP contribution in [0.25, 0.3) is 0 Å². The van der Waals surface area contributed by atoms with Crippen molar-refractivity contribution in [3.05, 3.63) is 46.5 Å². The molecule has 1 aliphatic heterocycles. The molecule has 24 heavy (non-hydrogen) atoms. The summed E-state index contributed by atoms with van der Waals surface area (Å²) >= 11 is 5.59. The van der Waals surface area contributed by atoms with E-state index in [1.165, 1.54) is 12.0 Å². The Balaban J connectivity index is 1.41.